The second-order valence-corrected chi connectivity index (χ2v) is 11.4. The van der Waals surface area contributed by atoms with Gasteiger partial charge in [-0.05, 0) is 72.7 Å². The molecule has 0 aliphatic heterocycles. The predicted octanol–water partition coefficient (Wildman–Crippen LogP) is 4.31. The van der Waals surface area contributed by atoms with E-state index >= 15 is 0 Å². The van der Waals surface area contributed by atoms with E-state index < -0.39 is 39.3 Å². The molecule has 0 atom stereocenters. The smallest absolute Gasteiger partial charge is 0.275 e. The number of carbonyl (C=O) groups excluding carboxylic acids is 1. The summed E-state index contributed by atoms with van der Waals surface area (Å²) in [4.78, 5) is 15.1. The Morgan fingerprint density at radius 3 is 2.19 bits per heavy atom. The standard InChI is InChI=1S/C25H32F2N4O4S/c1-15(2)13-25(4,5)14-30-36(33,34)19-8-6-18(7-9-19)35-22-20(26)11-17(12-21(22)27)10-16(3)23(32)31-24(28)29/h6-12,15,30H,13-14H2,1-5H3,(H4,28,29,31,32)/b16-10+. The Labute approximate surface area is 210 Å². The molecule has 5 N–H and O–H groups in total. The molecule has 36 heavy (non-hydrogen) atoms. The number of hydrogen-bond donors (Lipinski definition) is 3. The summed E-state index contributed by atoms with van der Waals surface area (Å²) in [6.45, 7) is 9.77. The van der Waals surface area contributed by atoms with Gasteiger partial charge in [-0.25, -0.2) is 21.9 Å². The van der Waals surface area contributed by atoms with Crippen LogP contribution in [0.15, 0.2) is 51.9 Å². The molecule has 0 aliphatic rings. The Morgan fingerprint density at radius 2 is 1.69 bits per heavy atom. The number of nitrogens with one attached hydrogen (secondary N) is 1. The van der Waals surface area contributed by atoms with Gasteiger partial charge < -0.3 is 16.2 Å². The molecule has 2 aromatic rings. The number of guanidine groups is 1. The minimum absolute atomic E-state index is 0.00227. The molecule has 0 bridgehead atoms. The maximum atomic E-state index is 14.6. The van der Waals surface area contributed by atoms with Crippen LogP contribution in [0.3, 0.4) is 0 Å². The van der Waals surface area contributed by atoms with Crippen LogP contribution in [0, 0.1) is 23.0 Å². The van der Waals surface area contributed by atoms with Crippen LogP contribution >= 0.6 is 0 Å². The van der Waals surface area contributed by atoms with Gasteiger partial charge in [0.15, 0.2) is 23.3 Å². The van der Waals surface area contributed by atoms with Gasteiger partial charge in [0.05, 0.1) is 4.90 Å². The average Bonchev–Trinajstić information content (AvgIpc) is 2.74. The third kappa shape index (κ3) is 8.42. The van der Waals surface area contributed by atoms with Gasteiger partial charge >= 0.3 is 0 Å². The average molecular weight is 523 g/mol. The van der Waals surface area contributed by atoms with E-state index in [1.807, 2.05) is 13.8 Å². The summed E-state index contributed by atoms with van der Waals surface area (Å²) in [6.07, 6.45) is 2.07. The van der Waals surface area contributed by atoms with E-state index in [1.165, 1.54) is 37.3 Å². The van der Waals surface area contributed by atoms with Crippen molar-refractivity contribution in [3.63, 3.8) is 0 Å². The van der Waals surface area contributed by atoms with Crippen molar-refractivity contribution < 1.29 is 26.7 Å². The first kappa shape index (κ1) is 28.9. The topological polar surface area (TPSA) is 137 Å². The van der Waals surface area contributed by atoms with Gasteiger partial charge in [-0.3, -0.25) is 4.79 Å². The fraction of sp³-hybridized carbons (Fsp3) is 0.360. The third-order valence-electron chi connectivity index (χ3n) is 5.03. The lowest BCUT2D eigenvalue weighted by Crippen LogP contribution is -2.34. The van der Waals surface area contributed by atoms with E-state index in [0.717, 1.165) is 18.6 Å². The van der Waals surface area contributed by atoms with Crippen molar-refractivity contribution in [3.8, 4) is 11.5 Å². The number of sulfonamides is 1. The fourth-order valence-electron chi connectivity index (χ4n) is 3.63. The van der Waals surface area contributed by atoms with Crippen LogP contribution in [0.2, 0.25) is 0 Å². The van der Waals surface area contributed by atoms with E-state index in [2.05, 4.69) is 23.6 Å². The molecule has 0 fully saturated rings. The first-order chi connectivity index (χ1) is 16.6. The molecule has 0 saturated heterocycles. The second-order valence-electron chi connectivity index (χ2n) is 9.64. The molecule has 11 heteroatoms. The van der Waals surface area contributed by atoms with Crippen LogP contribution < -0.4 is 20.9 Å². The van der Waals surface area contributed by atoms with Crippen molar-refractivity contribution in [1.82, 2.24) is 4.72 Å². The Kier molecular flexibility index (Phi) is 9.33. The lowest BCUT2D eigenvalue weighted by Gasteiger charge is -2.26. The zero-order valence-corrected chi connectivity index (χ0v) is 21.7. The highest BCUT2D eigenvalue weighted by Crippen LogP contribution is 2.30. The van der Waals surface area contributed by atoms with Crippen LogP contribution in [0.5, 0.6) is 11.5 Å². The summed E-state index contributed by atoms with van der Waals surface area (Å²) < 4.78 is 62.4. The van der Waals surface area contributed by atoms with Gasteiger partial charge in [-0.15, -0.1) is 0 Å². The van der Waals surface area contributed by atoms with Crippen molar-refractivity contribution in [2.45, 2.75) is 45.9 Å². The summed E-state index contributed by atoms with van der Waals surface area (Å²) in [5.41, 5.74) is 10.2. The zero-order valence-electron chi connectivity index (χ0n) is 20.9. The number of halogens is 2. The van der Waals surface area contributed by atoms with Crippen molar-refractivity contribution in [1.29, 1.82) is 0 Å². The number of hydrogen-bond acceptors (Lipinski definition) is 4. The number of carbonyl (C=O) groups is 1. The maximum Gasteiger partial charge on any atom is 0.275 e. The fourth-order valence-corrected chi connectivity index (χ4v) is 4.88. The van der Waals surface area contributed by atoms with E-state index in [9.17, 15) is 22.0 Å². The van der Waals surface area contributed by atoms with Gasteiger partial charge in [0, 0.05) is 12.1 Å². The van der Waals surface area contributed by atoms with Crippen LogP contribution in [0.1, 0.15) is 46.6 Å². The second kappa shape index (κ2) is 11.6. The molecule has 0 radical (unpaired) electrons. The highest BCUT2D eigenvalue weighted by molar-refractivity contribution is 7.89. The Morgan fingerprint density at radius 1 is 1.14 bits per heavy atom. The van der Waals surface area contributed by atoms with Crippen molar-refractivity contribution in [2.75, 3.05) is 6.54 Å². The van der Waals surface area contributed by atoms with Crippen molar-refractivity contribution in [3.05, 3.63) is 59.2 Å². The highest BCUT2D eigenvalue weighted by Gasteiger charge is 2.23. The first-order valence-electron chi connectivity index (χ1n) is 11.2. The van der Waals surface area contributed by atoms with Crippen LogP contribution in [0.4, 0.5) is 8.78 Å². The molecule has 8 nitrogen and oxygen atoms in total. The Balaban J connectivity index is 2.17. The quantitative estimate of drug-likeness (QED) is 0.242. The Bertz CT molecular complexity index is 1240. The van der Waals surface area contributed by atoms with Gasteiger partial charge in [0.25, 0.3) is 5.91 Å². The molecule has 196 valence electrons. The van der Waals surface area contributed by atoms with Gasteiger partial charge in [-0.1, -0.05) is 27.7 Å². The highest BCUT2D eigenvalue weighted by atomic mass is 32.2. The van der Waals surface area contributed by atoms with E-state index in [1.54, 1.807) is 0 Å². The lowest BCUT2D eigenvalue weighted by atomic mass is 9.84. The number of aliphatic imine (C=N–C) groups is 1. The number of ether oxygens (including phenoxy) is 1. The van der Waals surface area contributed by atoms with Crippen LogP contribution in [-0.4, -0.2) is 26.8 Å². The van der Waals surface area contributed by atoms with Gasteiger partial charge in [0.2, 0.25) is 10.0 Å². The van der Waals surface area contributed by atoms with Crippen LogP contribution in [0.25, 0.3) is 6.08 Å². The van der Waals surface area contributed by atoms with Crippen molar-refractivity contribution >= 4 is 28.0 Å². The molecule has 0 aliphatic carbocycles. The molecule has 0 heterocycles. The molecule has 0 unspecified atom stereocenters. The SMILES string of the molecule is C/C(=C\c1cc(F)c(Oc2ccc(S(=O)(=O)NCC(C)(C)CC(C)C)cc2)c(F)c1)C(=O)N=C(N)N. The first-order valence-corrected chi connectivity index (χ1v) is 12.7. The summed E-state index contributed by atoms with van der Waals surface area (Å²) in [6, 6.07) is 7.15. The number of rotatable bonds is 10. The summed E-state index contributed by atoms with van der Waals surface area (Å²) >= 11 is 0. The molecular formula is C25H32F2N4O4S. The molecule has 2 rings (SSSR count). The van der Waals surface area contributed by atoms with E-state index in [-0.39, 0.29) is 33.7 Å². The van der Waals surface area contributed by atoms with Gasteiger partial charge in [0.1, 0.15) is 5.75 Å². The lowest BCUT2D eigenvalue weighted by molar-refractivity contribution is -0.114. The maximum absolute atomic E-state index is 14.6. The molecular weight excluding hydrogens is 490 g/mol. The minimum atomic E-state index is -3.78. The third-order valence-corrected chi connectivity index (χ3v) is 6.44. The Hall–Kier alpha value is -3.31. The molecule has 2 aromatic carbocycles. The van der Waals surface area contributed by atoms with E-state index in [4.69, 9.17) is 16.2 Å². The van der Waals surface area contributed by atoms with E-state index in [0.29, 0.717) is 5.92 Å². The number of nitrogens with two attached hydrogens (primary N) is 2. The molecule has 0 spiro atoms. The monoisotopic (exact) mass is 522 g/mol. The summed E-state index contributed by atoms with van der Waals surface area (Å²) in [7, 11) is -3.78. The van der Waals surface area contributed by atoms with Gasteiger partial charge in [-0.2, -0.15) is 4.99 Å². The number of nitrogens with zero attached hydrogens (tertiary/aromatic N) is 1. The summed E-state index contributed by atoms with van der Waals surface area (Å²) in [5, 5.41) is 0. The van der Waals surface area contributed by atoms with Crippen LogP contribution in [-0.2, 0) is 14.8 Å². The van der Waals surface area contributed by atoms with Crippen molar-refractivity contribution in [2.24, 2.45) is 27.8 Å². The largest absolute Gasteiger partial charge is 0.451 e. The predicted molar refractivity (Wildman–Crippen MR) is 136 cm³/mol. The molecule has 1 amide bonds. The minimum Gasteiger partial charge on any atom is -0.451 e. The molecule has 0 aromatic heterocycles. The summed E-state index contributed by atoms with van der Waals surface area (Å²) in [5.74, 6) is -3.44. The number of benzene rings is 2. The zero-order chi connectivity index (χ0) is 27.3. The normalized spacial score (nSPS) is 12.5. The molecule has 0 saturated carbocycles. The number of amides is 1.